The summed E-state index contributed by atoms with van der Waals surface area (Å²) < 4.78 is 32.0. The molecule has 0 radical (unpaired) electrons. The molecular weight excluding hydrogens is 565 g/mol. The average molecular weight is 578 g/mol. The Hall–Kier alpha value is -1.38. The molecule has 0 bridgehead atoms. The van der Waals surface area contributed by atoms with Crippen LogP contribution in [-0.2, 0) is 10.1 Å². The fraction of sp³-hybridized carbons (Fsp3) is 0.0500. The standard InChI is InChI=1S/C20H13Br2Cl2NO3S/c1-12-2-5-16(10-19(12)24)25-11-13-8-14(21)9-18(22)20(13)28-29(26,27)17-6-3-15(23)4-7-17/h2-11H,1H3. The molecule has 3 rings (SSSR count). The number of hydrogen-bond donors (Lipinski definition) is 0. The summed E-state index contributed by atoms with van der Waals surface area (Å²) in [6.45, 7) is 1.90. The molecule has 0 fully saturated rings. The van der Waals surface area contributed by atoms with E-state index in [1.807, 2.05) is 19.1 Å². The molecule has 0 atom stereocenters. The van der Waals surface area contributed by atoms with E-state index >= 15 is 0 Å². The molecule has 9 heteroatoms. The van der Waals surface area contributed by atoms with E-state index < -0.39 is 10.1 Å². The lowest BCUT2D eigenvalue weighted by molar-refractivity contribution is 0.484. The third-order valence-corrected chi connectivity index (χ3v) is 6.78. The fourth-order valence-corrected chi connectivity index (χ4v) is 5.05. The molecule has 0 saturated heterocycles. The van der Waals surface area contributed by atoms with Gasteiger partial charge < -0.3 is 4.18 Å². The number of hydrogen-bond acceptors (Lipinski definition) is 4. The molecular formula is C20H13Br2Cl2NO3S. The van der Waals surface area contributed by atoms with Crippen LogP contribution in [0.5, 0.6) is 5.75 Å². The van der Waals surface area contributed by atoms with Crippen molar-refractivity contribution in [2.45, 2.75) is 11.8 Å². The molecule has 0 saturated carbocycles. The topological polar surface area (TPSA) is 55.7 Å². The van der Waals surface area contributed by atoms with Gasteiger partial charge in [0, 0.05) is 26.3 Å². The van der Waals surface area contributed by atoms with Gasteiger partial charge in [-0.25, -0.2) is 0 Å². The minimum Gasteiger partial charge on any atom is -0.377 e. The predicted molar refractivity (Wildman–Crippen MR) is 125 cm³/mol. The van der Waals surface area contributed by atoms with Crippen LogP contribution in [0, 0.1) is 6.92 Å². The predicted octanol–water partition coefficient (Wildman–Crippen LogP) is 7.35. The van der Waals surface area contributed by atoms with Crippen molar-refractivity contribution in [2.24, 2.45) is 4.99 Å². The van der Waals surface area contributed by atoms with Crippen molar-refractivity contribution in [1.29, 1.82) is 0 Å². The smallest absolute Gasteiger partial charge is 0.339 e. The van der Waals surface area contributed by atoms with Gasteiger partial charge in [-0.1, -0.05) is 45.2 Å². The number of aliphatic imine (C=N–C) groups is 1. The van der Waals surface area contributed by atoms with E-state index in [9.17, 15) is 8.42 Å². The van der Waals surface area contributed by atoms with Crippen molar-refractivity contribution in [1.82, 2.24) is 0 Å². The van der Waals surface area contributed by atoms with Gasteiger partial charge in [0.25, 0.3) is 0 Å². The van der Waals surface area contributed by atoms with Crippen LogP contribution in [0.15, 0.2) is 73.4 Å². The van der Waals surface area contributed by atoms with Crippen LogP contribution in [-0.4, -0.2) is 14.6 Å². The van der Waals surface area contributed by atoms with Gasteiger partial charge in [0.15, 0.2) is 5.75 Å². The summed E-state index contributed by atoms with van der Waals surface area (Å²) in [5, 5.41) is 1.02. The molecule has 0 amide bonds. The van der Waals surface area contributed by atoms with Crippen LogP contribution in [0.25, 0.3) is 0 Å². The van der Waals surface area contributed by atoms with Gasteiger partial charge in [0.1, 0.15) is 4.90 Å². The molecule has 0 N–H and O–H groups in total. The van der Waals surface area contributed by atoms with E-state index in [2.05, 4.69) is 36.9 Å². The molecule has 0 heterocycles. The molecule has 150 valence electrons. The Kier molecular flexibility index (Phi) is 7.06. The minimum atomic E-state index is -4.07. The second-order valence-electron chi connectivity index (χ2n) is 5.99. The van der Waals surface area contributed by atoms with Crippen LogP contribution >= 0.6 is 55.1 Å². The van der Waals surface area contributed by atoms with Gasteiger partial charge in [-0.2, -0.15) is 8.42 Å². The van der Waals surface area contributed by atoms with E-state index in [1.165, 1.54) is 30.5 Å². The van der Waals surface area contributed by atoms with Crippen LogP contribution in [0.1, 0.15) is 11.1 Å². The Labute approximate surface area is 195 Å². The Balaban J connectivity index is 1.99. The molecule has 29 heavy (non-hydrogen) atoms. The summed E-state index contributed by atoms with van der Waals surface area (Å²) in [6, 6.07) is 14.5. The highest BCUT2D eigenvalue weighted by atomic mass is 79.9. The van der Waals surface area contributed by atoms with Crippen LogP contribution in [0.4, 0.5) is 5.69 Å². The van der Waals surface area contributed by atoms with Gasteiger partial charge >= 0.3 is 10.1 Å². The molecule has 0 aliphatic heterocycles. The molecule has 0 aromatic heterocycles. The lowest BCUT2D eigenvalue weighted by Gasteiger charge is -2.12. The first-order valence-corrected chi connectivity index (χ1v) is 11.9. The summed E-state index contributed by atoms with van der Waals surface area (Å²) in [7, 11) is -4.07. The Morgan fingerprint density at radius 3 is 2.34 bits per heavy atom. The minimum absolute atomic E-state index is 0.00933. The zero-order valence-electron chi connectivity index (χ0n) is 14.9. The number of nitrogens with zero attached hydrogens (tertiary/aromatic N) is 1. The Morgan fingerprint density at radius 2 is 1.69 bits per heavy atom. The third kappa shape index (κ3) is 5.61. The van der Waals surface area contributed by atoms with Gasteiger partial charge in [-0.05, 0) is 76.9 Å². The maximum atomic E-state index is 12.7. The van der Waals surface area contributed by atoms with Crippen molar-refractivity contribution in [3.05, 3.63) is 84.7 Å². The summed E-state index contributed by atoms with van der Waals surface area (Å²) in [6.07, 6.45) is 1.52. The number of halogens is 4. The Bertz CT molecular complexity index is 1200. The third-order valence-electron chi connectivity index (χ3n) is 3.84. The summed E-state index contributed by atoms with van der Waals surface area (Å²) >= 11 is 18.7. The van der Waals surface area contributed by atoms with Crippen LogP contribution in [0.2, 0.25) is 10.0 Å². The quantitative estimate of drug-likeness (QED) is 0.235. The van der Waals surface area contributed by atoms with Gasteiger partial charge in [-0.15, -0.1) is 0 Å². The summed E-state index contributed by atoms with van der Waals surface area (Å²) in [5.74, 6) is 0.116. The van der Waals surface area contributed by atoms with Crippen LogP contribution < -0.4 is 4.18 Å². The van der Waals surface area contributed by atoms with E-state index in [-0.39, 0.29) is 10.6 Å². The first kappa shape index (κ1) is 22.3. The molecule has 0 aliphatic rings. The Morgan fingerprint density at radius 1 is 1.00 bits per heavy atom. The van der Waals surface area contributed by atoms with Crippen molar-refractivity contribution >= 4 is 77.1 Å². The SMILES string of the molecule is Cc1ccc(N=Cc2cc(Br)cc(Br)c2OS(=O)(=O)c2ccc(Cl)cc2)cc1Cl. The van der Waals surface area contributed by atoms with E-state index in [4.69, 9.17) is 27.4 Å². The molecule has 4 nitrogen and oxygen atoms in total. The maximum Gasteiger partial charge on any atom is 0.339 e. The molecule has 3 aromatic carbocycles. The second-order valence-corrected chi connectivity index (χ2v) is 10.1. The van der Waals surface area contributed by atoms with E-state index in [1.54, 1.807) is 18.2 Å². The monoisotopic (exact) mass is 575 g/mol. The fourth-order valence-electron chi connectivity index (χ4n) is 2.33. The zero-order valence-corrected chi connectivity index (χ0v) is 20.4. The first-order valence-electron chi connectivity index (χ1n) is 8.15. The molecule has 0 aliphatic carbocycles. The van der Waals surface area contributed by atoms with E-state index in [0.29, 0.717) is 25.8 Å². The second kappa shape index (κ2) is 9.18. The lowest BCUT2D eigenvalue weighted by Crippen LogP contribution is -2.11. The first-order chi connectivity index (χ1) is 13.7. The van der Waals surface area contributed by atoms with Gasteiger partial charge in [0.2, 0.25) is 0 Å². The summed E-state index contributed by atoms with van der Waals surface area (Å²) in [4.78, 5) is 4.38. The van der Waals surface area contributed by atoms with Crippen molar-refractivity contribution in [3.63, 3.8) is 0 Å². The highest BCUT2D eigenvalue weighted by Gasteiger charge is 2.21. The molecule has 0 unspecified atom stereocenters. The maximum absolute atomic E-state index is 12.7. The molecule has 3 aromatic rings. The summed E-state index contributed by atoms with van der Waals surface area (Å²) in [5.41, 5.74) is 2.03. The number of benzene rings is 3. The largest absolute Gasteiger partial charge is 0.377 e. The van der Waals surface area contributed by atoms with Crippen molar-refractivity contribution in [3.8, 4) is 5.75 Å². The van der Waals surface area contributed by atoms with Gasteiger partial charge in [-0.3, -0.25) is 4.99 Å². The average Bonchev–Trinajstić information content (AvgIpc) is 2.65. The number of rotatable bonds is 5. The molecule has 0 spiro atoms. The van der Waals surface area contributed by atoms with Crippen LogP contribution in [0.3, 0.4) is 0 Å². The van der Waals surface area contributed by atoms with Gasteiger partial charge in [0.05, 0.1) is 10.2 Å². The van der Waals surface area contributed by atoms with E-state index in [0.717, 1.165) is 10.0 Å². The van der Waals surface area contributed by atoms with Crippen molar-refractivity contribution in [2.75, 3.05) is 0 Å². The highest BCUT2D eigenvalue weighted by molar-refractivity contribution is 9.11. The zero-order chi connectivity index (χ0) is 21.2. The van der Waals surface area contributed by atoms with Crippen molar-refractivity contribution < 1.29 is 12.6 Å². The normalized spacial score (nSPS) is 11.8. The number of aryl methyl sites for hydroxylation is 1. The lowest BCUT2D eigenvalue weighted by atomic mass is 10.2. The highest BCUT2D eigenvalue weighted by Crippen LogP contribution is 2.35.